The van der Waals surface area contributed by atoms with Gasteiger partial charge < -0.3 is 20.2 Å². The fourth-order valence-corrected chi connectivity index (χ4v) is 3.01. The van der Waals surface area contributed by atoms with Crippen LogP contribution in [0.3, 0.4) is 0 Å². The highest BCUT2D eigenvalue weighted by molar-refractivity contribution is 5.92. The number of carbonyl (C=O) groups is 1. The van der Waals surface area contributed by atoms with Gasteiger partial charge in [0.15, 0.2) is 18.0 Å². The average molecular weight is 426 g/mol. The van der Waals surface area contributed by atoms with Crippen LogP contribution in [0.25, 0.3) is 16.9 Å². The Bertz CT molecular complexity index is 1230. The van der Waals surface area contributed by atoms with Crippen molar-refractivity contribution in [3.8, 4) is 17.0 Å². The number of halogens is 3. The first-order chi connectivity index (χ1) is 14.8. The average Bonchev–Trinajstić information content (AvgIpc) is 3.17. The van der Waals surface area contributed by atoms with Gasteiger partial charge in [-0.15, -0.1) is 0 Å². The zero-order valence-corrected chi connectivity index (χ0v) is 16.1. The minimum Gasteiger partial charge on any atom is -0.480 e. The van der Waals surface area contributed by atoms with Crippen LogP contribution in [0.5, 0.6) is 5.75 Å². The minimum atomic E-state index is -4.49. The van der Waals surface area contributed by atoms with Crippen LogP contribution in [-0.2, 0) is 11.0 Å². The summed E-state index contributed by atoms with van der Waals surface area (Å²) in [5.74, 6) is -0.227. The molecule has 0 saturated heterocycles. The smallest absolute Gasteiger partial charge is 0.416 e. The maximum Gasteiger partial charge on any atom is 0.416 e. The van der Waals surface area contributed by atoms with E-state index in [1.807, 2.05) is 18.3 Å². The molecule has 9 heteroatoms. The molecule has 0 aliphatic rings. The Hall–Kier alpha value is -4.01. The summed E-state index contributed by atoms with van der Waals surface area (Å²) in [5.41, 5.74) is 7.62. The molecule has 0 aliphatic heterocycles. The normalized spacial score (nSPS) is 11.5. The van der Waals surface area contributed by atoms with Crippen molar-refractivity contribution >= 4 is 22.9 Å². The lowest BCUT2D eigenvalue weighted by Gasteiger charge is -2.10. The molecule has 0 spiro atoms. The molecule has 31 heavy (non-hydrogen) atoms. The molecule has 0 bridgehead atoms. The van der Waals surface area contributed by atoms with E-state index < -0.39 is 17.6 Å². The van der Waals surface area contributed by atoms with Crippen LogP contribution in [0.2, 0.25) is 0 Å². The first-order valence-corrected chi connectivity index (χ1v) is 9.23. The van der Waals surface area contributed by atoms with Crippen molar-refractivity contribution in [3.05, 3.63) is 78.6 Å². The van der Waals surface area contributed by atoms with Gasteiger partial charge in [-0.25, -0.2) is 4.98 Å². The number of nitrogens with one attached hydrogen (secondary N) is 1. The Balaban J connectivity index is 1.48. The van der Waals surface area contributed by atoms with Gasteiger partial charge in [-0.2, -0.15) is 13.2 Å². The van der Waals surface area contributed by atoms with Crippen molar-refractivity contribution in [1.82, 2.24) is 9.38 Å². The monoisotopic (exact) mass is 426 g/mol. The molecule has 0 unspecified atom stereocenters. The van der Waals surface area contributed by atoms with Crippen LogP contribution in [-0.4, -0.2) is 21.9 Å². The number of hydrogen-bond acceptors (Lipinski definition) is 4. The summed E-state index contributed by atoms with van der Waals surface area (Å²) in [6.45, 7) is -0.389. The molecular formula is C22H17F3N4O2. The molecule has 1 amide bonds. The zero-order valence-electron chi connectivity index (χ0n) is 16.1. The Kier molecular flexibility index (Phi) is 5.24. The number of alkyl halides is 3. The number of nitrogens with two attached hydrogens (primary N) is 1. The molecular weight excluding hydrogens is 409 g/mol. The molecule has 4 aromatic rings. The maximum absolute atomic E-state index is 12.8. The number of nitrogen functional groups attached to an aromatic ring is 1. The number of rotatable bonds is 5. The fourth-order valence-electron chi connectivity index (χ4n) is 3.01. The van der Waals surface area contributed by atoms with E-state index in [4.69, 9.17) is 10.5 Å². The second-order valence-electron chi connectivity index (χ2n) is 6.77. The van der Waals surface area contributed by atoms with Gasteiger partial charge in [-0.3, -0.25) is 4.79 Å². The minimum absolute atomic E-state index is 0.0353. The van der Waals surface area contributed by atoms with E-state index in [0.717, 1.165) is 17.7 Å². The Morgan fingerprint density at radius 2 is 1.87 bits per heavy atom. The van der Waals surface area contributed by atoms with E-state index in [2.05, 4.69) is 10.3 Å². The fraction of sp³-hybridized carbons (Fsp3) is 0.0909. The quantitative estimate of drug-likeness (QED) is 0.457. The van der Waals surface area contributed by atoms with Crippen molar-refractivity contribution in [1.29, 1.82) is 0 Å². The molecule has 4 rings (SSSR count). The molecule has 2 heterocycles. The van der Waals surface area contributed by atoms with Crippen molar-refractivity contribution in [2.45, 2.75) is 6.18 Å². The molecule has 158 valence electrons. The third-order valence-corrected chi connectivity index (χ3v) is 4.49. The van der Waals surface area contributed by atoms with Crippen molar-refractivity contribution in [2.24, 2.45) is 0 Å². The summed E-state index contributed by atoms with van der Waals surface area (Å²) in [6.07, 6.45) is -0.884. The lowest BCUT2D eigenvalue weighted by atomic mass is 10.1. The summed E-state index contributed by atoms with van der Waals surface area (Å²) in [7, 11) is 0. The zero-order chi connectivity index (χ0) is 22.0. The second kappa shape index (κ2) is 8.02. The first kappa shape index (κ1) is 20.3. The summed E-state index contributed by atoms with van der Waals surface area (Å²) >= 11 is 0. The molecule has 2 aromatic carbocycles. The van der Waals surface area contributed by atoms with E-state index >= 15 is 0 Å². The van der Waals surface area contributed by atoms with Gasteiger partial charge in [0.25, 0.3) is 5.91 Å². The third kappa shape index (κ3) is 4.61. The van der Waals surface area contributed by atoms with Gasteiger partial charge >= 0.3 is 6.18 Å². The van der Waals surface area contributed by atoms with Gasteiger partial charge in [-0.05, 0) is 42.5 Å². The van der Waals surface area contributed by atoms with Crippen LogP contribution in [0.15, 0.2) is 73.1 Å². The van der Waals surface area contributed by atoms with Crippen LogP contribution in [0, 0.1) is 0 Å². The molecule has 0 atom stereocenters. The lowest BCUT2D eigenvalue weighted by Crippen LogP contribution is -2.20. The largest absolute Gasteiger partial charge is 0.480 e. The number of imidazole rings is 1. The standard InChI is InChI=1S/C22H17F3N4O2/c23-22(24,25)15-3-1-4-17(11-15)27-20(30)13-31-19-5-2-10-29-12-18(28-21(19)29)14-6-8-16(26)9-7-14/h1-12H,13,26H2,(H,27,30). The van der Waals surface area contributed by atoms with Crippen molar-refractivity contribution < 1.29 is 22.7 Å². The van der Waals surface area contributed by atoms with Crippen LogP contribution < -0.4 is 15.8 Å². The highest BCUT2D eigenvalue weighted by atomic mass is 19.4. The predicted molar refractivity (Wildman–Crippen MR) is 111 cm³/mol. The van der Waals surface area contributed by atoms with Gasteiger partial charge in [-0.1, -0.05) is 18.2 Å². The number of aromatic nitrogens is 2. The first-order valence-electron chi connectivity index (χ1n) is 9.23. The highest BCUT2D eigenvalue weighted by Crippen LogP contribution is 2.30. The van der Waals surface area contributed by atoms with Crippen LogP contribution >= 0.6 is 0 Å². The number of nitrogens with zero attached hydrogens (tertiary/aromatic N) is 2. The molecule has 0 fully saturated rings. The number of ether oxygens (including phenoxy) is 1. The van der Waals surface area contributed by atoms with E-state index in [0.29, 0.717) is 22.8 Å². The number of carbonyl (C=O) groups excluding carboxylic acids is 1. The topological polar surface area (TPSA) is 81.6 Å². The molecule has 0 radical (unpaired) electrons. The van der Waals surface area contributed by atoms with Gasteiger partial charge in [0.2, 0.25) is 0 Å². The molecule has 2 aromatic heterocycles. The van der Waals surface area contributed by atoms with E-state index in [9.17, 15) is 18.0 Å². The SMILES string of the molecule is Nc1ccc(-c2cn3cccc(OCC(=O)Nc4cccc(C(F)(F)F)c4)c3n2)cc1. The van der Waals surface area contributed by atoms with Crippen molar-refractivity contribution in [2.75, 3.05) is 17.7 Å². The molecule has 0 aliphatic carbocycles. The molecule has 3 N–H and O–H groups in total. The molecule has 0 saturated carbocycles. The highest BCUT2D eigenvalue weighted by Gasteiger charge is 2.30. The van der Waals surface area contributed by atoms with E-state index in [1.54, 1.807) is 34.9 Å². The number of pyridine rings is 1. The second-order valence-corrected chi connectivity index (χ2v) is 6.77. The Morgan fingerprint density at radius 3 is 2.61 bits per heavy atom. The van der Waals surface area contributed by atoms with Crippen LogP contribution in [0.4, 0.5) is 24.5 Å². The Labute approximate surface area is 175 Å². The van der Waals surface area contributed by atoms with Gasteiger partial charge in [0.05, 0.1) is 11.3 Å². The maximum atomic E-state index is 12.8. The summed E-state index contributed by atoms with van der Waals surface area (Å²) in [6, 6.07) is 15.0. The van der Waals surface area contributed by atoms with Gasteiger partial charge in [0, 0.05) is 29.3 Å². The number of amides is 1. The summed E-state index contributed by atoms with van der Waals surface area (Å²) in [4.78, 5) is 16.7. The van der Waals surface area contributed by atoms with Crippen molar-refractivity contribution in [3.63, 3.8) is 0 Å². The summed E-state index contributed by atoms with van der Waals surface area (Å²) < 4.78 is 45.8. The number of benzene rings is 2. The third-order valence-electron chi connectivity index (χ3n) is 4.49. The Morgan fingerprint density at radius 1 is 1.10 bits per heavy atom. The number of hydrogen-bond donors (Lipinski definition) is 2. The number of fused-ring (bicyclic) bond motifs is 1. The van der Waals surface area contributed by atoms with Crippen LogP contribution in [0.1, 0.15) is 5.56 Å². The predicted octanol–water partition coefficient (Wildman–Crippen LogP) is 4.62. The number of anilines is 2. The molecule has 6 nitrogen and oxygen atoms in total. The lowest BCUT2D eigenvalue weighted by molar-refractivity contribution is -0.137. The summed E-state index contributed by atoms with van der Waals surface area (Å²) in [5, 5.41) is 2.41. The van der Waals surface area contributed by atoms with E-state index in [-0.39, 0.29) is 12.3 Å². The van der Waals surface area contributed by atoms with E-state index in [1.165, 1.54) is 12.1 Å². The van der Waals surface area contributed by atoms with Gasteiger partial charge in [0.1, 0.15) is 0 Å².